The van der Waals surface area contributed by atoms with Gasteiger partial charge in [0.1, 0.15) is 0 Å². The Hall–Kier alpha value is -2.22. The van der Waals surface area contributed by atoms with Crippen LogP contribution in [0.25, 0.3) is 10.4 Å². The van der Waals surface area contributed by atoms with Crippen LogP contribution in [0.5, 0.6) is 0 Å². The van der Waals surface area contributed by atoms with Crippen molar-refractivity contribution in [3.63, 3.8) is 0 Å². The molecular weight excluding hydrogens is 247 g/mol. The first kappa shape index (κ1) is 13.8. The third kappa shape index (κ3) is 2.92. The van der Waals surface area contributed by atoms with Crippen molar-refractivity contribution in [2.45, 2.75) is 12.1 Å². The van der Waals surface area contributed by atoms with Gasteiger partial charge in [-0.15, -0.1) is 0 Å². The average molecular weight is 256 g/mol. The van der Waals surface area contributed by atoms with Gasteiger partial charge < -0.3 is 10.2 Å². The summed E-state index contributed by atoms with van der Waals surface area (Å²) in [5.74, 6) is -1.11. The van der Waals surface area contributed by atoms with Crippen molar-refractivity contribution in [3.05, 3.63) is 50.1 Å². The molecular formula is C9H9FN4O4. The van der Waals surface area contributed by atoms with Gasteiger partial charge in [0, 0.05) is 11.0 Å². The summed E-state index contributed by atoms with van der Waals surface area (Å²) < 4.78 is 13.3. The van der Waals surface area contributed by atoms with Crippen LogP contribution < -0.4 is 0 Å². The van der Waals surface area contributed by atoms with E-state index in [0.29, 0.717) is 0 Å². The van der Waals surface area contributed by atoms with Gasteiger partial charge in [-0.25, -0.2) is 0 Å². The minimum atomic E-state index is -1.42. The second kappa shape index (κ2) is 5.92. The lowest BCUT2D eigenvalue weighted by molar-refractivity contribution is -0.387. The Morgan fingerprint density at radius 3 is 2.72 bits per heavy atom. The summed E-state index contributed by atoms with van der Waals surface area (Å²) in [6, 6.07) is 1.63. The first-order valence-corrected chi connectivity index (χ1v) is 4.78. The maximum absolute atomic E-state index is 13.3. The Kier molecular flexibility index (Phi) is 4.55. The van der Waals surface area contributed by atoms with Crippen LogP contribution >= 0.6 is 0 Å². The van der Waals surface area contributed by atoms with Crippen molar-refractivity contribution >= 4 is 5.69 Å². The highest BCUT2D eigenvalue weighted by Crippen LogP contribution is 2.26. The summed E-state index contributed by atoms with van der Waals surface area (Å²) in [5, 5.41) is 31.8. The van der Waals surface area contributed by atoms with Gasteiger partial charge >= 0.3 is 5.69 Å². The molecule has 0 aliphatic heterocycles. The largest absolute Gasteiger partial charge is 0.394 e. The summed E-state index contributed by atoms with van der Waals surface area (Å²) in [6.07, 6.45) is -1.42. The first-order valence-electron chi connectivity index (χ1n) is 4.78. The van der Waals surface area contributed by atoms with Gasteiger partial charge in [-0.2, -0.15) is 4.39 Å². The van der Waals surface area contributed by atoms with E-state index in [0.717, 1.165) is 18.2 Å². The number of aliphatic hydroxyl groups is 2. The number of azide groups is 1. The van der Waals surface area contributed by atoms with Gasteiger partial charge in [-0.05, 0) is 17.2 Å². The summed E-state index contributed by atoms with van der Waals surface area (Å²) in [7, 11) is 0. The maximum Gasteiger partial charge on any atom is 0.304 e. The molecule has 0 radical (unpaired) electrons. The lowest BCUT2D eigenvalue weighted by atomic mass is 10.0. The van der Waals surface area contributed by atoms with E-state index in [4.69, 9.17) is 10.6 Å². The second-order valence-electron chi connectivity index (χ2n) is 3.37. The molecule has 0 aliphatic rings. The van der Waals surface area contributed by atoms with Gasteiger partial charge in [-0.1, -0.05) is 11.2 Å². The molecule has 0 aromatic heterocycles. The topological polar surface area (TPSA) is 132 Å². The molecule has 0 aliphatic carbocycles. The molecule has 0 saturated heterocycles. The van der Waals surface area contributed by atoms with Crippen LogP contribution in [0.3, 0.4) is 0 Å². The van der Waals surface area contributed by atoms with Crippen LogP contribution in [-0.4, -0.2) is 27.8 Å². The number of benzene rings is 1. The Morgan fingerprint density at radius 2 is 2.28 bits per heavy atom. The molecule has 1 rings (SSSR count). The van der Waals surface area contributed by atoms with Crippen molar-refractivity contribution in [1.29, 1.82) is 0 Å². The van der Waals surface area contributed by atoms with Gasteiger partial charge in [0.2, 0.25) is 5.82 Å². The molecule has 18 heavy (non-hydrogen) atoms. The molecule has 0 saturated carbocycles. The molecule has 1 aromatic carbocycles. The highest BCUT2D eigenvalue weighted by atomic mass is 19.1. The van der Waals surface area contributed by atoms with E-state index in [-0.39, 0.29) is 5.56 Å². The fourth-order valence-corrected chi connectivity index (χ4v) is 1.38. The third-order valence-electron chi connectivity index (χ3n) is 2.24. The minimum absolute atomic E-state index is 0.0393. The molecule has 0 heterocycles. The van der Waals surface area contributed by atoms with Gasteiger partial charge in [0.25, 0.3) is 0 Å². The predicted octanol–water partition coefficient (Wildman–Crippen LogP) is 1.44. The third-order valence-corrected chi connectivity index (χ3v) is 2.24. The van der Waals surface area contributed by atoms with E-state index in [1.807, 2.05) is 0 Å². The van der Waals surface area contributed by atoms with Crippen LogP contribution in [-0.2, 0) is 0 Å². The Morgan fingerprint density at radius 1 is 1.61 bits per heavy atom. The van der Waals surface area contributed by atoms with Crippen LogP contribution in [0.15, 0.2) is 23.3 Å². The zero-order valence-corrected chi connectivity index (χ0v) is 8.97. The molecule has 0 unspecified atom stereocenters. The minimum Gasteiger partial charge on any atom is -0.394 e. The number of rotatable bonds is 5. The van der Waals surface area contributed by atoms with E-state index >= 15 is 0 Å². The fraction of sp³-hybridized carbons (Fsp3) is 0.333. The summed E-state index contributed by atoms with van der Waals surface area (Å²) >= 11 is 0. The molecule has 1 aromatic rings. The average Bonchev–Trinajstić information content (AvgIpc) is 2.34. The van der Waals surface area contributed by atoms with Crippen molar-refractivity contribution in [2.24, 2.45) is 5.11 Å². The Labute approximate surface area is 100 Å². The van der Waals surface area contributed by atoms with Crippen molar-refractivity contribution in [1.82, 2.24) is 0 Å². The summed E-state index contributed by atoms with van der Waals surface area (Å²) in [6.45, 7) is -0.692. The van der Waals surface area contributed by atoms with E-state index in [2.05, 4.69) is 10.0 Å². The molecule has 2 atom stereocenters. The van der Waals surface area contributed by atoms with Crippen molar-refractivity contribution < 1.29 is 19.5 Å². The standard InChI is InChI=1S/C9H9FN4O4/c10-6-3-5(1-2-7(6)14(17)18)9(12-13-11)8(16)4-15/h1-3,8-9,15-16H,4H2/t8-,9-/m1/s1. The Bertz CT molecular complexity index is 503. The second-order valence-corrected chi connectivity index (χ2v) is 3.37. The molecule has 0 spiro atoms. The quantitative estimate of drug-likeness (QED) is 0.271. The normalized spacial score (nSPS) is 13.5. The van der Waals surface area contributed by atoms with Crippen molar-refractivity contribution in [3.8, 4) is 0 Å². The monoisotopic (exact) mass is 256 g/mol. The molecule has 0 bridgehead atoms. The van der Waals surface area contributed by atoms with E-state index in [1.54, 1.807) is 0 Å². The van der Waals surface area contributed by atoms with E-state index in [1.165, 1.54) is 0 Å². The van der Waals surface area contributed by atoms with Crippen LogP contribution in [0.2, 0.25) is 0 Å². The lowest BCUT2D eigenvalue weighted by Gasteiger charge is -2.16. The smallest absolute Gasteiger partial charge is 0.304 e. The molecule has 9 heteroatoms. The van der Waals surface area contributed by atoms with Crippen LogP contribution in [0, 0.1) is 15.9 Å². The molecule has 0 fully saturated rings. The SMILES string of the molecule is [N-]=[N+]=N[C@H](c1ccc([N+](=O)[O-])c(F)c1)[C@H](O)CO. The molecule has 2 N–H and O–H groups in total. The van der Waals surface area contributed by atoms with Gasteiger partial charge in [0.05, 0.1) is 23.7 Å². The number of nitrogens with zero attached hydrogens (tertiary/aromatic N) is 4. The summed E-state index contributed by atoms with van der Waals surface area (Å²) in [5.41, 5.74) is 7.63. The number of nitro benzene ring substituents is 1. The number of aliphatic hydroxyl groups excluding tert-OH is 2. The van der Waals surface area contributed by atoms with Gasteiger partial charge in [0.15, 0.2) is 0 Å². The van der Waals surface area contributed by atoms with Crippen LogP contribution in [0.1, 0.15) is 11.6 Å². The highest BCUT2D eigenvalue weighted by molar-refractivity contribution is 5.36. The van der Waals surface area contributed by atoms with Crippen LogP contribution in [0.4, 0.5) is 10.1 Å². The number of hydrogen-bond acceptors (Lipinski definition) is 5. The maximum atomic E-state index is 13.3. The zero-order chi connectivity index (χ0) is 13.7. The molecule has 0 amide bonds. The molecule has 96 valence electrons. The number of hydrogen-bond donors (Lipinski definition) is 2. The van der Waals surface area contributed by atoms with Gasteiger partial charge in [-0.3, -0.25) is 10.1 Å². The molecule has 8 nitrogen and oxygen atoms in total. The number of halogens is 1. The van der Waals surface area contributed by atoms with Crippen molar-refractivity contribution in [2.75, 3.05) is 6.61 Å². The highest BCUT2D eigenvalue weighted by Gasteiger charge is 2.22. The fourth-order valence-electron chi connectivity index (χ4n) is 1.38. The predicted molar refractivity (Wildman–Crippen MR) is 58.0 cm³/mol. The first-order chi connectivity index (χ1) is 8.51. The van der Waals surface area contributed by atoms with E-state index < -0.39 is 35.2 Å². The number of nitro groups is 1. The zero-order valence-electron chi connectivity index (χ0n) is 8.97. The summed E-state index contributed by atoms with van der Waals surface area (Å²) in [4.78, 5) is 12.0. The lowest BCUT2D eigenvalue weighted by Crippen LogP contribution is -2.20. The van der Waals surface area contributed by atoms with E-state index in [9.17, 15) is 19.6 Å². The Balaban J connectivity index is 3.18.